The zero-order valence-electron chi connectivity index (χ0n) is 18.0. The van der Waals surface area contributed by atoms with Crippen LogP contribution in [0.1, 0.15) is 17.5 Å². The predicted octanol–water partition coefficient (Wildman–Crippen LogP) is 4.51. The van der Waals surface area contributed by atoms with Crippen molar-refractivity contribution in [3.8, 4) is 16.9 Å². The molecule has 0 unspecified atom stereocenters. The third kappa shape index (κ3) is 5.32. The monoisotopic (exact) mass is 446 g/mol. The number of fused-ring (bicyclic) bond motifs is 3. The Hall–Kier alpha value is -3.25. The van der Waals surface area contributed by atoms with Gasteiger partial charge in [0.25, 0.3) is 5.91 Å². The molecule has 5 nitrogen and oxygen atoms in total. The first-order chi connectivity index (χ1) is 15.6. The van der Waals surface area contributed by atoms with E-state index < -0.39 is 6.04 Å². The van der Waals surface area contributed by atoms with Gasteiger partial charge >= 0.3 is 0 Å². The van der Waals surface area contributed by atoms with Crippen molar-refractivity contribution in [2.24, 2.45) is 0 Å². The van der Waals surface area contributed by atoms with Gasteiger partial charge < -0.3 is 15.4 Å². The highest BCUT2D eigenvalue weighted by Crippen LogP contribution is 2.37. The summed E-state index contributed by atoms with van der Waals surface area (Å²) in [4.78, 5) is 25.4. The van der Waals surface area contributed by atoms with Crippen molar-refractivity contribution in [3.63, 3.8) is 0 Å². The van der Waals surface area contributed by atoms with E-state index in [0.717, 1.165) is 17.9 Å². The van der Waals surface area contributed by atoms with E-state index in [1.54, 1.807) is 23.9 Å². The highest BCUT2D eigenvalue weighted by molar-refractivity contribution is 7.98. The van der Waals surface area contributed by atoms with Crippen molar-refractivity contribution >= 4 is 29.3 Å². The fourth-order valence-electron chi connectivity index (χ4n) is 3.86. The van der Waals surface area contributed by atoms with Gasteiger partial charge in [0.05, 0.1) is 0 Å². The lowest BCUT2D eigenvalue weighted by molar-refractivity contribution is -0.127. The van der Waals surface area contributed by atoms with Gasteiger partial charge in [-0.15, -0.1) is 0 Å². The molecule has 1 aliphatic rings. The maximum atomic E-state index is 13.0. The summed E-state index contributed by atoms with van der Waals surface area (Å²) in [7, 11) is 0. The van der Waals surface area contributed by atoms with Crippen molar-refractivity contribution in [1.82, 2.24) is 5.32 Å². The largest absolute Gasteiger partial charge is 0.484 e. The summed E-state index contributed by atoms with van der Waals surface area (Å²) in [5.74, 6) is 0.839. The Balaban J connectivity index is 1.38. The number of carbonyl (C=O) groups excluding carboxylic acids is 2. The van der Waals surface area contributed by atoms with Gasteiger partial charge in [-0.3, -0.25) is 9.59 Å². The molecule has 1 aliphatic carbocycles. The Bertz CT molecular complexity index is 1100. The van der Waals surface area contributed by atoms with Crippen LogP contribution in [0.15, 0.2) is 72.8 Å². The summed E-state index contributed by atoms with van der Waals surface area (Å²) < 4.78 is 5.50. The number of amides is 2. The van der Waals surface area contributed by atoms with Crippen molar-refractivity contribution in [2.45, 2.75) is 18.9 Å². The average molecular weight is 447 g/mol. The second-order valence-corrected chi connectivity index (χ2v) is 8.68. The number of anilines is 1. The van der Waals surface area contributed by atoms with Crippen LogP contribution in [0.4, 0.5) is 5.69 Å². The van der Waals surface area contributed by atoms with E-state index >= 15 is 0 Å². The molecule has 0 radical (unpaired) electrons. The van der Waals surface area contributed by atoms with Gasteiger partial charge in [0.2, 0.25) is 5.91 Å². The highest BCUT2D eigenvalue weighted by Gasteiger charge is 2.22. The lowest BCUT2D eigenvalue weighted by Gasteiger charge is -2.19. The summed E-state index contributed by atoms with van der Waals surface area (Å²) in [6, 6.07) is 22.9. The Kier molecular flexibility index (Phi) is 7.12. The molecular formula is C26H26N2O3S. The smallest absolute Gasteiger partial charge is 0.258 e. The van der Waals surface area contributed by atoms with Crippen LogP contribution in [0.5, 0.6) is 5.75 Å². The molecule has 0 aromatic heterocycles. The second kappa shape index (κ2) is 10.4. The van der Waals surface area contributed by atoms with Gasteiger partial charge in [-0.1, -0.05) is 48.5 Å². The zero-order chi connectivity index (χ0) is 22.3. The molecule has 4 rings (SSSR count). The standard InChI is InChI=1S/C26H26N2O3S/c1-32-14-13-24(28-25(29)17-31-21-8-3-2-4-9-21)26(30)27-20-11-12-23-19(16-20)15-18-7-5-6-10-22(18)23/h2-12,16,24H,13-15,17H2,1H3,(H,27,30)(H,28,29)/t24-/m1/s1. The molecule has 164 valence electrons. The normalized spacial score (nSPS) is 12.4. The van der Waals surface area contributed by atoms with Gasteiger partial charge in [-0.25, -0.2) is 0 Å². The van der Waals surface area contributed by atoms with E-state index in [1.807, 2.05) is 48.7 Å². The number of hydrogen-bond acceptors (Lipinski definition) is 4. The number of hydrogen-bond donors (Lipinski definition) is 2. The maximum absolute atomic E-state index is 13.0. The van der Waals surface area contributed by atoms with E-state index in [0.29, 0.717) is 12.2 Å². The minimum atomic E-state index is -0.625. The van der Waals surface area contributed by atoms with Crippen LogP contribution in [-0.2, 0) is 16.0 Å². The Morgan fingerprint density at radius 1 is 0.969 bits per heavy atom. The molecule has 0 aliphatic heterocycles. The fraction of sp³-hybridized carbons (Fsp3) is 0.231. The third-order valence-electron chi connectivity index (χ3n) is 5.44. The summed E-state index contributed by atoms with van der Waals surface area (Å²) in [6.07, 6.45) is 3.38. The third-order valence-corrected chi connectivity index (χ3v) is 6.08. The summed E-state index contributed by atoms with van der Waals surface area (Å²) in [5.41, 5.74) is 5.71. The van der Waals surface area contributed by atoms with Crippen LogP contribution in [0, 0.1) is 0 Å². The molecule has 2 amide bonds. The number of benzene rings is 3. The van der Waals surface area contributed by atoms with Crippen LogP contribution >= 0.6 is 11.8 Å². The molecule has 0 fully saturated rings. The molecular weight excluding hydrogens is 420 g/mol. The number of carbonyl (C=O) groups is 2. The molecule has 2 N–H and O–H groups in total. The van der Waals surface area contributed by atoms with Crippen LogP contribution in [-0.4, -0.2) is 36.5 Å². The van der Waals surface area contributed by atoms with Crippen molar-refractivity contribution < 1.29 is 14.3 Å². The molecule has 1 atom stereocenters. The van der Waals surface area contributed by atoms with Gasteiger partial charge in [-0.05, 0) is 71.4 Å². The fourth-order valence-corrected chi connectivity index (χ4v) is 4.33. The van der Waals surface area contributed by atoms with Crippen molar-refractivity contribution in [3.05, 3.63) is 83.9 Å². The first-order valence-corrected chi connectivity index (χ1v) is 12.0. The van der Waals surface area contributed by atoms with E-state index in [2.05, 4.69) is 28.8 Å². The van der Waals surface area contributed by atoms with Gasteiger partial charge in [-0.2, -0.15) is 11.8 Å². The Morgan fingerprint density at radius 2 is 1.72 bits per heavy atom. The van der Waals surface area contributed by atoms with Crippen LogP contribution in [0.2, 0.25) is 0 Å². The van der Waals surface area contributed by atoms with E-state index in [1.165, 1.54) is 22.3 Å². The summed E-state index contributed by atoms with van der Waals surface area (Å²) in [5, 5.41) is 5.80. The minimum absolute atomic E-state index is 0.135. The highest BCUT2D eigenvalue weighted by atomic mass is 32.2. The summed E-state index contributed by atoms with van der Waals surface area (Å²) in [6.45, 7) is -0.135. The van der Waals surface area contributed by atoms with Gasteiger partial charge in [0.15, 0.2) is 6.61 Å². The molecule has 0 saturated heterocycles. The number of para-hydroxylation sites is 1. The number of thioether (sulfide) groups is 1. The molecule has 0 spiro atoms. The van der Waals surface area contributed by atoms with E-state index in [9.17, 15) is 9.59 Å². The van der Waals surface area contributed by atoms with E-state index in [-0.39, 0.29) is 18.4 Å². The van der Waals surface area contributed by atoms with Gasteiger partial charge in [0.1, 0.15) is 11.8 Å². The molecule has 32 heavy (non-hydrogen) atoms. The number of ether oxygens (including phenoxy) is 1. The Morgan fingerprint density at radius 3 is 2.53 bits per heavy atom. The van der Waals surface area contributed by atoms with Crippen molar-refractivity contribution in [2.75, 3.05) is 23.9 Å². The molecule has 0 saturated carbocycles. The molecule has 3 aromatic carbocycles. The number of rotatable bonds is 9. The molecule has 6 heteroatoms. The second-order valence-electron chi connectivity index (χ2n) is 7.70. The van der Waals surface area contributed by atoms with Crippen LogP contribution in [0.3, 0.4) is 0 Å². The Labute approximate surface area is 192 Å². The lowest BCUT2D eigenvalue weighted by Crippen LogP contribution is -2.45. The van der Waals surface area contributed by atoms with Crippen LogP contribution < -0.4 is 15.4 Å². The first kappa shape index (κ1) is 22.0. The minimum Gasteiger partial charge on any atom is -0.484 e. The summed E-state index contributed by atoms with van der Waals surface area (Å²) >= 11 is 1.64. The molecule has 0 heterocycles. The molecule has 0 bridgehead atoms. The average Bonchev–Trinajstić information content (AvgIpc) is 3.18. The SMILES string of the molecule is CSCC[C@@H](NC(=O)COc1ccccc1)C(=O)Nc1ccc2c(c1)Cc1ccccc1-2. The van der Waals surface area contributed by atoms with Crippen LogP contribution in [0.25, 0.3) is 11.1 Å². The molecule has 3 aromatic rings. The zero-order valence-corrected chi connectivity index (χ0v) is 18.8. The lowest BCUT2D eigenvalue weighted by atomic mass is 10.1. The first-order valence-electron chi connectivity index (χ1n) is 10.6. The maximum Gasteiger partial charge on any atom is 0.258 e. The van der Waals surface area contributed by atoms with Gasteiger partial charge in [0, 0.05) is 5.69 Å². The number of nitrogens with one attached hydrogen (secondary N) is 2. The quantitative estimate of drug-likeness (QED) is 0.397. The predicted molar refractivity (Wildman–Crippen MR) is 130 cm³/mol. The topological polar surface area (TPSA) is 67.4 Å². The van der Waals surface area contributed by atoms with Crippen molar-refractivity contribution in [1.29, 1.82) is 0 Å². The van der Waals surface area contributed by atoms with E-state index in [4.69, 9.17) is 4.74 Å².